The van der Waals surface area contributed by atoms with E-state index in [0.29, 0.717) is 18.1 Å². The minimum absolute atomic E-state index is 0.168. The fraction of sp³-hybridized carbons (Fsp3) is 0.455. The third-order valence-electron chi connectivity index (χ3n) is 2.35. The Hall–Kier alpha value is -0.100. The lowest BCUT2D eigenvalue weighted by Gasteiger charge is -2.07. The van der Waals surface area contributed by atoms with Crippen molar-refractivity contribution in [3.8, 4) is 0 Å². The van der Waals surface area contributed by atoms with E-state index in [-0.39, 0.29) is 11.5 Å². The predicted molar refractivity (Wildman–Crippen MR) is 75.2 cm³/mol. The van der Waals surface area contributed by atoms with Gasteiger partial charge in [-0.3, -0.25) is 0 Å². The Morgan fingerprint density at radius 2 is 2.12 bits per heavy atom. The summed E-state index contributed by atoms with van der Waals surface area (Å²) in [5, 5.41) is 3.76. The Morgan fingerprint density at radius 3 is 2.76 bits per heavy atom. The molecule has 0 unspecified atom stereocenters. The predicted octanol–water partition coefficient (Wildman–Crippen LogP) is 2.63. The highest BCUT2D eigenvalue weighted by Gasteiger charge is 2.06. The molecule has 0 aliphatic carbocycles. The van der Waals surface area contributed by atoms with Gasteiger partial charge in [-0.15, -0.1) is 0 Å². The molecule has 3 nitrogen and oxygen atoms in total. The normalized spacial score (nSPS) is 11.7. The second-order valence-corrected chi connectivity index (χ2v) is 7.41. The third kappa shape index (κ3) is 5.38. The van der Waals surface area contributed by atoms with Crippen LogP contribution in [-0.2, 0) is 16.4 Å². The molecular formula is C11H15BrClNO2S. The van der Waals surface area contributed by atoms with Gasteiger partial charge in [0.1, 0.15) is 0 Å². The third-order valence-corrected chi connectivity index (χ3v) is 5.07. The Balaban J connectivity index is 2.44. The summed E-state index contributed by atoms with van der Waals surface area (Å²) in [6, 6.07) is 5.53. The van der Waals surface area contributed by atoms with Gasteiger partial charge in [0.25, 0.3) is 0 Å². The van der Waals surface area contributed by atoms with Gasteiger partial charge in [-0.2, -0.15) is 0 Å². The first-order chi connectivity index (χ1) is 7.94. The largest absolute Gasteiger partial charge is 0.312 e. The van der Waals surface area contributed by atoms with Crippen molar-refractivity contribution in [2.45, 2.75) is 13.5 Å². The number of hydrogen-bond acceptors (Lipinski definition) is 3. The van der Waals surface area contributed by atoms with Crippen molar-refractivity contribution in [2.75, 3.05) is 18.1 Å². The molecule has 0 fully saturated rings. The fourth-order valence-corrected chi connectivity index (χ4v) is 2.60. The first kappa shape index (κ1) is 15.0. The van der Waals surface area contributed by atoms with Crippen molar-refractivity contribution in [1.82, 2.24) is 5.32 Å². The maximum Gasteiger partial charge on any atom is 0.151 e. The molecule has 0 atom stereocenters. The van der Waals surface area contributed by atoms with E-state index < -0.39 is 9.84 Å². The number of sulfone groups is 1. The van der Waals surface area contributed by atoms with E-state index in [4.69, 9.17) is 11.6 Å². The molecule has 1 N–H and O–H groups in total. The molecule has 0 saturated carbocycles. The first-order valence-corrected chi connectivity index (χ1v) is 8.29. The number of hydrogen-bond donors (Lipinski definition) is 1. The maximum absolute atomic E-state index is 11.3. The van der Waals surface area contributed by atoms with E-state index >= 15 is 0 Å². The molecular weight excluding hydrogens is 326 g/mol. The summed E-state index contributed by atoms with van der Waals surface area (Å²) in [5.74, 6) is 0.358. The maximum atomic E-state index is 11.3. The zero-order valence-electron chi connectivity index (χ0n) is 9.54. The fourth-order valence-electron chi connectivity index (χ4n) is 1.27. The van der Waals surface area contributed by atoms with Crippen LogP contribution in [0.5, 0.6) is 0 Å². The molecule has 0 radical (unpaired) electrons. The average molecular weight is 341 g/mol. The van der Waals surface area contributed by atoms with Gasteiger partial charge in [-0.05, 0) is 23.8 Å². The molecule has 96 valence electrons. The summed E-state index contributed by atoms with van der Waals surface area (Å²) in [6.45, 7) is 2.71. The zero-order chi connectivity index (χ0) is 12.9. The SMILES string of the molecule is CCS(=O)(=O)CCNCc1cc(Cl)ccc1Br. The average Bonchev–Trinajstić information content (AvgIpc) is 2.29. The van der Waals surface area contributed by atoms with Crippen LogP contribution in [0.25, 0.3) is 0 Å². The van der Waals surface area contributed by atoms with Crippen LogP contribution < -0.4 is 5.32 Å². The van der Waals surface area contributed by atoms with Gasteiger partial charge < -0.3 is 5.32 Å². The molecule has 0 aliphatic heterocycles. The Labute approximate surface area is 116 Å². The van der Waals surface area contributed by atoms with E-state index in [0.717, 1.165) is 10.0 Å². The summed E-state index contributed by atoms with van der Waals surface area (Å²) in [7, 11) is -2.89. The van der Waals surface area contributed by atoms with Crippen molar-refractivity contribution in [2.24, 2.45) is 0 Å². The molecule has 17 heavy (non-hydrogen) atoms. The number of nitrogens with one attached hydrogen (secondary N) is 1. The van der Waals surface area contributed by atoms with Crippen molar-refractivity contribution < 1.29 is 8.42 Å². The highest BCUT2D eigenvalue weighted by Crippen LogP contribution is 2.20. The van der Waals surface area contributed by atoms with Crippen LogP contribution in [-0.4, -0.2) is 26.5 Å². The van der Waals surface area contributed by atoms with Gasteiger partial charge in [-0.25, -0.2) is 8.42 Å². The summed E-state index contributed by atoms with van der Waals surface area (Å²) in [5.41, 5.74) is 1.02. The molecule has 0 aliphatic rings. The molecule has 1 rings (SSSR count). The van der Waals surface area contributed by atoms with Gasteiger partial charge >= 0.3 is 0 Å². The second kappa shape index (κ2) is 6.73. The van der Waals surface area contributed by atoms with E-state index in [9.17, 15) is 8.42 Å². The Kier molecular flexibility index (Phi) is 5.92. The van der Waals surface area contributed by atoms with Crippen molar-refractivity contribution in [1.29, 1.82) is 0 Å². The van der Waals surface area contributed by atoms with Gasteiger partial charge in [0.15, 0.2) is 9.84 Å². The topological polar surface area (TPSA) is 46.2 Å². The molecule has 1 aromatic carbocycles. The summed E-state index contributed by atoms with van der Waals surface area (Å²) < 4.78 is 23.5. The lowest BCUT2D eigenvalue weighted by atomic mass is 10.2. The van der Waals surface area contributed by atoms with Gasteiger partial charge in [0.05, 0.1) is 5.75 Å². The van der Waals surface area contributed by atoms with Gasteiger partial charge in [0, 0.05) is 28.3 Å². The molecule has 1 aromatic rings. The van der Waals surface area contributed by atoms with E-state index in [1.165, 1.54) is 0 Å². The first-order valence-electron chi connectivity index (χ1n) is 5.29. The molecule has 0 bridgehead atoms. The van der Waals surface area contributed by atoms with Crippen LogP contribution in [0.15, 0.2) is 22.7 Å². The van der Waals surface area contributed by atoms with Gasteiger partial charge in [0.2, 0.25) is 0 Å². The molecule has 0 saturated heterocycles. The van der Waals surface area contributed by atoms with Crippen LogP contribution in [0, 0.1) is 0 Å². The van der Waals surface area contributed by atoms with Crippen LogP contribution in [0.4, 0.5) is 0 Å². The Morgan fingerprint density at radius 1 is 1.41 bits per heavy atom. The smallest absolute Gasteiger partial charge is 0.151 e. The van der Waals surface area contributed by atoms with E-state index in [2.05, 4.69) is 21.2 Å². The lowest BCUT2D eigenvalue weighted by Crippen LogP contribution is -2.23. The molecule has 0 spiro atoms. The number of halogens is 2. The molecule has 6 heteroatoms. The van der Waals surface area contributed by atoms with Crippen molar-refractivity contribution in [3.05, 3.63) is 33.3 Å². The van der Waals surface area contributed by atoms with E-state index in [1.54, 1.807) is 13.0 Å². The van der Waals surface area contributed by atoms with Crippen LogP contribution in [0.1, 0.15) is 12.5 Å². The number of rotatable bonds is 6. The molecule has 0 amide bonds. The highest BCUT2D eigenvalue weighted by molar-refractivity contribution is 9.10. The molecule has 0 aromatic heterocycles. The monoisotopic (exact) mass is 339 g/mol. The van der Waals surface area contributed by atoms with Crippen LogP contribution >= 0.6 is 27.5 Å². The second-order valence-electron chi connectivity index (χ2n) is 3.65. The standard InChI is InChI=1S/C11H15BrClNO2S/c1-2-17(15,16)6-5-14-8-9-7-10(13)3-4-11(9)12/h3-4,7,14H,2,5-6,8H2,1H3. The quantitative estimate of drug-likeness (QED) is 0.810. The minimum atomic E-state index is -2.89. The summed E-state index contributed by atoms with van der Waals surface area (Å²) in [4.78, 5) is 0. The van der Waals surface area contributed by atoms with Crippen LogP contribution in [0.3, 0.4) is 0 Å². The summed E-state index contributed by atoms with van der Waals surface area (Å²) in [6.07, 6.45) is 0. The van der Waals surface area contributed by atoms with Crippen LogP contribution in [0.2, 0.25) is 5.02 Å². The summed E-state index contributed by atoms with van der Waals surface area (Å²) >= 11 is 9.30. The minimum Gasteiger partial charge on any atom is -0.312 e. The molecule has 0 heterocycles. The van der Waals surface area contributed by atoms with Crippen molar-refractivity contribution >= 4 is 37.4 Å². The van der Waals surface area contributed by atoms with Crippen molar-refractivity contribution in [3.63, 3.8) is 0 Å². The highest BCUT2D eigenvalue weighted by atomic mass is 79.9. The van der Waals surface area contributed by atoms with E-state index in [1.807, 2.05) is 12.1 Å². The zero-order valence-corrected chi connectivity index (χ0v) is 12.7. The number of benzene rings is 1. The Bertz CT molecular complexity index is 476. The lowest BCUT2D eigenvalue weighted by molar-refractivity contribution is 0.592. The van der Waals surface area contributed by atoms with Gasteiger partial charge in [-0.1, -0.05) is 34.5 Å².